The maximum atomic E-state index is 13.6. The number of rotatable bonds is 9. The molecule has 1 aromatic rings. The highest BCUT2D eigenvalue weighted by atomic mass is 31.2. The summed E-state index contributed by atoms with van der Waals surface area (Å²) >= 11 is 0. The van der Waals surface area contributed by atoms with Crippen LogP contribution in [0.3, 0.4) is 0 Å². The Bertz CT molecular complexity index is 862. The van der Waals surface area contributed by atoms with Crippen molar-refractivity contribution in [3.8, 4) is 0 Å². The van der Waals surface area contributed by atoms with E-state index in [4.69, 9.17) is 15.0 Å². The molecule has 0 radical (unpaired) electrons. The molecule has 14 heteroatoms. The summed E-state index contributed by atoms with van der Waals surface area (Å²) in [6, 6.07) is 0. The molecule has 2 unspecified atom stereocenters. The van der Waals surface area contributed by atoms with Crippen molar-refractivity contribution in [3.05, 3.63) is 53.9 Å². The largest absolute Gasteiger partial charge is 0.586 e. The maximum absolute atomic E-state index is 13.6. The summed E-state index contributed by atoms with van der Waals surface area (Å²) in [6.07, 6.45) is -4.20. The second-order valence-corrected chi connectivity index (χ2v) is 6.90. The zero-order chi connectivity index (χ0) is 21.1. The van der Waals surface area contributed by atoms with Gasteiger partial charge in [-0.15, -0.1) is 0 Å². The topological polar surface area (TPSA) is 172 Å². The normalized spacial score (nSPS) is 24.5. The van der Waals surface area contributed by atoms with Crippen LogP contribution < -0.4 is 11.3 Å². The van der Waals surface area contributed by atoms with Gasteiger partial charge in [-0.3, -0.25) is 18.7 Å². The lowest BCUT2D eigenvalue weighted by molar-refractivity contribution is -0.0545. The third-order valence-electron chi connectivity index (χ3n) is 3.55. The van der Waals surface area contributed by atoms with E-state index in [1.807, 2.05) is 0 Å². The number of hydrogen-bond donors (Lipinski definition) is 3. The highest BCUT2D eigenvalue weighted by Gasteiger charge is 2.46. The lowest BCUT2D eigenvalue weighted by Gasteiger charge is -2.19. The fraction of sp³-hybridized carbons (Fsp3) is 0.357. The number of carbonyl (C=O) groups excluding carboxylic acids is 1. The second kappa shape index (κ2) is 8.63. The molecule has 0 bridgehead atoms. The van der Waals surface area contributed by atoms with Crippen molar-refractivity contribution in [3.63, 3.8) is 0 Å². The zero-order valence-electron chi connectivity index (χ0n) is 14.2. The SMILES string of the molecule is C=COP(=O)(OC=C)OC[C@H]1O[C@@H](n2cc(F)nc(C(N)=O)c2=O)C(O)C1O. The van der Waals surface area contributed by atoms with Gasteiger partial charge in [0.05, 0.1) is 25.3 Å². The van der Waals surface area contributed by atoms with Crippen molar-refractivity contribution in [1.82, 2.24) is 9.55 Å². The standard InChI is InChI=1S/C14H17FN3O9P/c1-3-24-28(23,25-4-2)26-6-7-10(19)11(20)14(27-7)18-5-8(15)17-9(12(16)21)13(18)22/h3-5,7,10-11,14,19-20H,1-2,6H2,(H2,16,21)/t7-,10?,11?,14-/m1/s1. The van der Waals surface area contributed by atoms with Crippen LogP contribution in [0.2, 0.25) is 0 Å². The van der Waals surface area contributed by atoms with Crippen molar-refractivity contribution in [2.75, 3.05) is 6.61 Å². The van der Waals surface area contributed by atoms with E-state index in [2.05, 4.69) is 27.2 Å². The van der Waals surface area contributed by atoms with E-state index in [0.29, 0.717) is 10.8 Å². The highest BCUT2D eigenvalue weighted by molar-refractivity contribution is 7.48. The van der Waals surface area contributed by atoms with Crippen molar-refractivity contribution in [1.29, 1.82) is 0 Å². The van der Waals surface area contributed by atoms with Crippen molar-refractivity contribution in [2.45, 2.75) is 24.5 Å². The Morgan fingerprint density at radius 1 is 1.39 bits per heavy atom. The predicted octanol–water partition coefficient (Wildman–Crippen LogP) is -0.455. The van der Waals surface area contributed by atoms with Crippen LogP contribution in [0, 0.1) is 5.95 Å². The molecular formula is C14H17FN3O9P. The van der Waals surface area contributed by atoms with E-state index >= 15 is 0 Å². The Morgan fingerprint density at radius 2 is 2.00 bits per heavy atom. The molecule has 12 nitrogen and oxygen atoms in total. The number of phosphoric ester groups is 1. The van der Waals surface area contributed by atoms with Gasteiger partial charge < -0.3 is 29.7 Å². The minimum Gasteiger partial charge on any atom is -0.404 e. The van der Waals surface area contributed by atoms with Crippen LogP contribution in [0.25, 0.3) is 0 Å². The minimum atomic E-state index is -4.16. The molecule has 1 saturated heterocycles. The summed E-state index contributed by atoms with van der Waals surface area (Å²) in [5.41, 5.74) is 2.89. The smallest absolute Gasteiger partial charge is 0.404 e. The van der Waals surface area contributed by atoms with E-state index in [1.165, 1.54) is 0 Å². The van der Waals surface area contributed by atoms with E-state index in [1.54, 1.807) is 0 Å². The fourth-order valence-corrected chi connectivity index (χ4v) is 3.22. The number of halogens is 1. The predicted molar refractivity (Wildman–Crippen MR) is 89.0 cm³/mol. The third kappa shape index (κ3) is 4.46. The lowest BCUT2D eigenvalue weighted by atomic mass is 10.1. The average molecular weight is 421 g/mol. The van der Waals surface area contributed by atoms with Crippen LogP contribution in [0.5, 0.6) is 0 Å². The minimum absolute atomic E-state index is 0.510. The van der Waals surface area contributed by atoms with Gasteiger partial charge in [0, 0.05) is 0 Å². The first-order chi connectivity index (χ1) is 13.1. The molecule has 0 aliphatic carbocycles. The summed E-state index contributed by atoms with van der Waals surface area (Å²) in [4.78, 5) is 26.5. The number of nitrogens with zero attached hydrogens (tertiary/aromatic N) is 2. The van der Waals surface area contributed by atoms with Gasteiger partial charge in [0.15, 0.2) is 11.9 Å². The number of carbonyl (C=O) groups is 1. The number of aliphatic hydroxyl groups excluding tert-OH is 2. The number of aliphatic hydroxyl groups is 2. The first kappa shape index (κ1) is 21.7. The lowest BCUT2D eigenvalue weighted by Crippen LogP contribution is -2.38. The first-order valence-electron chi connectivity index (χ1n) is 7.56. The number of nitrogens with two attached hydrogens (primary N) is 1. The number of primary amides is 1. The number of amides is 1. The highest BCUT2D eigenvalue weighted by Crippen LogP contribution is 2.50. The van der Waals surface area contributed by atoms with Crippen molar-refractivity contribution < 1.29 is 42.3 Å². The van der Waals surface area contributed by atoms with Crippen molar-refractivity contribution >= 4 is 13.7 Å². The summed E-state index contributed by atoms with van der Waals surface area (Å²) in [6.45, 7) is 5.77. The summed E-state index contributed by atoms with van der Waals surface area (Å²) in [5, 5.41) is 20.3. The van der Waals surface area contributed by atoms with Gasteiger partial charge in [-0.2, -0.15) is 4.39 Å². The maximum Gasteiger partial charge on any atom is 0.586 e. The summed E-state index contributed by atoms with van der Waals surface area (Å²) in [7, 11) is -4.16. The van der Waals surface area contributed by atoms with Crippen LogP contribution in [0.15, 0.2) is 36.7 Å². The first-order valence-corrected chi connectivity index (χ1v) is 9.03. The molecule has 28 heavy (non-hydrogen) atoms. The molecule has 2 rings (SSSR count). The Kier molecular flexibility index (Phi) is 6.69. The van der Waals surface area contributed by atoms with Gasteiger partial charge in [0.1, 0.15) is 18.3 Å². The van der Waals surface area contributed by atoms with Gasteiger partial charge in [-0.25, -0.2) is 9.55 Å². The molecule has 1 amide bonds. The Hall–Kier alpha value is -2.57. The average Bonchev–Trinajstić information content (AvgIpc) is 2.90. The monoisotopic (exact) mass is 421 g/mol. The van der Waals surface area contributed by atoms with Crippen LogP contribution in [0.1, 0.15) is 16.7 Å². The number of ether oxygens (including phenoxy) is 1. The number of hydrogen-bond acceptors (Lipinski definition) is 10. The molecule has 0 spiro atoms. The van der Waals surface area contributed by atoms with Gasteiger partial charge in [0.2, 0.25) is 5.95 Å². The summed E-state index contributed by atoms with van der Waals surface area (Å²) < 4.78 is 45.8. The number of aromatic nitrogens is 2. The van der Waals surface area contributed by atoms with Crippen LogP contribution in [-0.4, -0.2) is 50.6 Å². The molecule has 0 saturated carbocycles. The van der Waals surface area contributed by atoms with Gasteiger partial charge in [-0.1, -0.05) is 13.2 Å². The molecule has 4 atom stereocenters. The van der Waals surface area contributed by atoms with Crippen LogP contribution in [-0.2, 0) is 22.9 Å². The third-order valence-corrected chi connectivity index (χ3v) is 4.83. The van der Waals surface area contributed by atoms with E-state index in [-0.39, 0.29) is 0 Å². The molecule has 0 aromatic carbocycles. The molecule has 1 aromatic heterocycles. The van der Waals surface area contributed by atoms with Crippen LogP contribution >= 0.6 is 7.82 Å². The zero-order valence-corrected chi connectivity index (χ0v) is 15.1. The van der Waals surface area contributed by atoms with Gasteiger partial charge in [0.25, 0.3) is 11.5 Å². The Labute approximate surface area is 157 Å². The van der Waals surface area contributed by atoms with Crippen LogP contribution in [0.4, 0.5) is 4.39 Å². The fourth-order valence-electron chi connectivity index (χ4n) is 2.36. The molecule has 1 aliphatic heterocycles. The van der Waals surface area contributed by atoms with Crippen molar-refractivity contribution in [2.24, 2.45) is 5.73 Å². The van der Waals surface area contributed by atoms with Gasteiger partial charge >= 0.3 is 7.82 Å². The molecule has 2 heterocycles. The van der Waals surface area contributed by atoms with E-state index in [9.17, 15) is 28.8 Å². The number of phosphoric acid groups is 1. The Balaban J connectivity index is 2.24. The quantitative estimate of drug-likeness (QED) is 0.350. The van der Waals surface area contributed by atoms with E-state index < -0.39 is 62.1 Å². The molecule has 1 aliphatic rings. The van der Waals surface area contributed by atoms with Gasteiger partial charge in [-0.05, 0) is 0 Å². The molecule has 4 N–H and O–H groups in total. The molecule has 1 fully saturated rings. The summed E-state index contributed by atoms with van der Waals surface area (Å²) in [5.74, 6) is -2.54. The second-order valence-electron chi connectivity index (χ2n) is 5.32. The molecular weight excluding hydrogens is 404 g/mol. The van der Waals surface area contributed by atoms with E-state index in [0.717, 1.165) is 12.5 Å². The Morgan fingerprint density at radius 3 is 2.54 bits per heavy atom. The molecule has 154 valence electrons.